The molecule has 1 aliphatic rings. The predicted octanol–water partition coefficient (Wildman–Crippen LogP) is 3.72. The molecule has 1 aromatic heterocycles. The van der Waals surface area contributed by atoms with Gasteiger partial charge in [-0.15, -0.1) is 0 Å². The second-order valence-electron chi connectivity index (χ2n) is 7.33. The van der Waals surface area contributed by atoms with E-state index in [0.717, 1.165) is 66.8 Å². The van der Waals surface area contributed by atoms with E-state index >= 15 is 0 Å². The van der Waals surface area contributed by atoms with Crippen molar-refractivity contribution in [1.82, 2.24) is 15.2 Å². The maximum Gasteiger partial charge on any atom is 0.194 e. The number of hydrogen-bond acceptors (Lipinski definition) is 4. The van der Waals surface area contributed by atoms with Gasteiger partial charge < -0.3 is 19.7 Å². The molecule has 156 valence electrons. The fraction of sp³-hybridized carbons (Fsp3) is 0.478. The number of likely N-dealkylation sites (tertiary alicyclic amines) is 1. The molecule has 1 N–H and O–H groups in total. The van der Waals surface area contributed by atoms with Crippen molar-refractivity contribution in [3.63, 3.8) is 0 Å². The van der Waals surface area contributed by atoms with Crippen molar-refractivity contribution in [2.24, 2.45) is 4.99 Å². The number of methoxy groups -OCH3 is 1. The van der Waals surface area contributed by atoms with E-state index in [-0.39, 0.29) is 6.10 Å². The van der Waals surface area contributed by atoms with Gasteiger partial charge in [-0.1, -0.05) is 18.2 Å². The summed E-state index contributed by atoms with van der Waals surface area (Å²) in [7, 11) is 1.70. The summed E-state index contributed by atoms with van der Waals surface area (Å²) in [5.41, 5.74) is 3.05. The topological polar surface area (TPSA) is 59.0 Å². The van der Waals surface area contributed by atoms with Crippen LogP contribution in [0.25, 0.3) is 0 Å². The molecule has 2 heterocycles. The first-order valence-electron chi connectivity index (χ1n) is 10.4. The Morgan fingerprint density at radius 1 is 1.21 bits per heavy atom. The molecule has 0 radical (unpaired) electrons. The Hall–Kier alpha value is -2.76. The number of pyridine rings is 1. The number of rotatable bonds is 6. The number of guanidine groups is 1. The van der Waals surface area contributed by atoms with Crippen LogP contribution in [0.5, 0.6) is 11.5 Å². The number of hydrogen-bond donors (Lipinski definition) is 1. The van der Waals surface area contributed by atoms with Crippen LogP contribution in [0.2, 0.25) is 0 Å². The van der Waals surface area contributed by atoms with Gasteiger partial charge in [0.1, 0.15) is 17.6 Å². The van der Waals surface area contributed by atoms with E-state index < -0.39 is 0 Å². The minimum atomic E-state index is 0.252. The number of piperidine rings is 1. The van der Waals surface area contributed by atoms with Crippen LogP contribution in [0.15, 0.2) is 41.5 Å². The molecule has 0 atom stereocenters. The summed E-state index contributed by atoms with van der Waals surface area (Å²) >= 11 is 0. The van der Waals surface area contributed by atoms with Crippen LogP contribution in [0, 0.1) is 13.8 Å². The Balaban J connectivity index is 1.63. The highest BCUT2D eigenvalue weighted by Gasteiger charge is 2.23. The highest BCUT2D eigenvalue weighted by molar-refractivity contribution is 5.80. The monoisotopic (exact) mass is 396 g/mol. The second kappa shape index (κ2) is 10.1. The van der Waals surface area contributed by atoms with Crippen LogP contribution >= 0.6 is 0 Å². The lowest BCUT2D eigenvalue weighted by Gasteiger charge is -2.34. The number of para-hydroxylation sites is 1. The molecule has 0 amide bonds. The first-order valence-corrected chi connectivity index (χ1v) is 10.4. The molecule has 0 aliphatic carbocycles. The number of ether oxygens (including phenoxy) is 2. The zero-order valence-corrected chi connectivity index (χ0v) is 17.9. The lowest BCUT2D eigenvalue weighted by Crippen LogP contribution is -2.47. The Kier molecular flexibility index (Phi) is 7.33. The van der Waals surface area contributed by atoms with Crippen molar-refractivity contribution in [3.8, 4) is 11.5 Å². The molecular formula is C23H32N4O2. The Labute approximate surface area is 174 Å². The van der Waals surface area contributed by atoms with Crippen LogP contribution in [-0.4, -0.2) is 48.7 Å². The Morgan fingerprint density at radius 2 is 1.93 bits per heavy atom. The van der Waals surface area contributed by atoms with Gasteiger partial charge in [0.15, 0.2) is 5.96 Å². The number of aryl methyl sites for hydroxylation is 1. The third-order valence-electron chi connectivity index (χ3n) is 5.25. The molecule has 1 saturated heterocycles. The third-order valence-corrected chi connectivity index (χ3v) is 5.25. The number of aliphatic imine (C=N–C) groups is 1. The highest BCUT2D eigenvalue weighted by Crippen LogP contribution is 2.24. The van der Waals surface area contributed by atoms with E-state index in [1.165, 1.54) is 0 Å². The van der Waals surface area contributed by atoms with Crippen molar-refractivity contribution < 1.29 is 9.47 Å². The van der Waals surface area contributed by atoms with Gasteiger partial charge in [0, 0.05) is 49.8 Å². The first-order chi connectivity index (χ1) is 14.1. The van der Waals surface area contributed by atoms with Gasteiger partial charge in [0.05, 0.1) is 19.3 Å². The number of nitrogens with one attached hydrogen (secondary N) is 1. The number of benzene rings is 1. The van der Waals surface area contributed by atoms with Gasteiger partial charge in [-0.3, -0.25) is 4.98 Å². The van der Waals surface area contributed by atoms with Crippen LogP contribution in [-0.2, 0) is 6.54 Å². The van der Waals surface area contributed by atoms with Gasteiger partial charge in [-0.25, -0.2) is 4.99 Å². The molecule has 6 nitrogen and oxygen atoms in total. The predicted molar refractivity (Wildman–Crippen MR) is 117 cm³/mol. The molecule has 1 aromatic carbocycles. The first kappa shape index (κ1) is 21.0. The van der Waals surface area contributed by atoms with Gasteiger partial charge in [0.25, 0.3) is 0 Å². The van der Waals surface area contributed by atoms with E-state index in [2.05, 4.69) is 22.1 Å². The second-order valence-corrected chi connectivity index (χ2v) is 7.33. The van der Waals surface area contributed by atoms with Crippen molar-refractivity contribution in [3.05, 3.63) is 53.3 Å². The molecule has 1 aliphatic heterocycles. The summed E-state index contributed by atoms with van der Waals surface area (Å²) in [6.45, 7) is 9.37. The zero-order chi connectivity index (χ0) is 20.6. The molecule has 2 aromatic rings. The highest BCUT2D eigenvalue weighted by atomic mass is 16.5. The van der Waals surface area contributed by atoms with Crippen molar-refractivity contribution in [1.29, 1.82) is 0 Å². The van der Waals surface area contributed by atoms with Crippen LogP contribution in [0.4, 0.5) is 0 Å². The molecule has 6 heteroatoms. The molecule has 0 saturated carbocycles. The summed E-state index contributed by atoms with van der Waals surface area (Å²) < 4.78 is 11.6. The van der Waals surface area contributed by atoms with E-state index in [9.17, 15) is 0 Å². The quantitative estimate of drug-likeness (QED) is 0.596. The average Bonchev–Trinajstić information content (AvgIpc) is 2.74. The van der Waals surface area contributed by atoms with Crippen LogP contribution in [0.1, 0.15) is 36.6 Å². The standard InChI is InChI=1S/C23H32N4O2/c1-5-24-23(26-16-21-18(3)22(28-4)17(2)15-25-21)27-13-11-20(12-14-27)29-19-9-7-6-8-10-19/h6-10,15,20H,5,11-14,16H2,1-4H3,(H,24,26). The maximum atomic E-state index is 6.11. The Bertz CT molecular complexity index is 815. The van der Waals surface area contributed by atoms with Gasteiger partial charge in [0.2, 0.25) is 0 Å². The molecular weight excluding hydrogens is 364 g/mol. The summed E-state index contributed by atoms with van der Waals surface area (Å²) in [5.74, 6) is 2.78. The van der Waals surface area contributed by atoms with E-state index in [4.69, 9.17) is 14.5 Å². The Morgan fingerprint density at radius 3 is 2.59 bits per heavy atom. The summed E-state index contributed by atoms with van der Waals surface area (Å²) in [6, 6.07) is 10.1. The lowest BCUT2D eigenvalue weighted by atomic mass is 10.1. The number of nitrogens with zero attached hydrogens (tertiary/aromatic N) is 3. The largest absolute Gasteiger partial charge is 0.496 e. The third kappa shape index (κ3) is 5.40. The maximum absolute atomic E-state index is 6.11. The molecule has 0 spiro atoms. The van der Waals surface area contributed by atoms with Crippen LogP contribution in [0.3, 0.4) is 0 Å². The van der Waals surface area contributed by atoms with Gasteiger partial charge in [-0.2, -0.15) is 0 Å². The zero-order valence-electron chi connectivity index (χ0n) is 17.9. The SMILES string of the molecule is CCNC(=NCc1ncc(C)c(OC)c1C)N1CCC(Oc2ccccc2)CC1. The molecule has 0 bridgehead atoms. The lowest BCUT2D eigenvalue weighted by molar-refractivity contribution is 0.129. The summed E-state index contributed by atoms with van der Waals surface area (Å²) in [4.78, 5) is 11.7. The molecule has 1 fully saturated rings. The van der Waals surface area contributed by atoms with E-state index in [1.54, 1.807) is 7.11 Å². The van der Waals surface area contributed by atoms with Gasteiger partial charge >= 0.3 is 0 Å². The fourth-order valence-corrected chi connectivity index (χ4v) is 3.68. The molecule has 3 rings (SSSR count). The minimum Gasteiger partial charge on any atom is -0.496 e. The summed E-state index contributed by atoms with van der Waals surface area (Å²) in [6.07, 6.45) is 4.07. The van der Waals surface area contributed by atoms with E-state index in [1.807, 2.05) is 50.4 Å². The van der Waals surface area contributed by atoms with Crippen LogP contribution < -0.4 is 14.8 Å². The van der Waals surface area contributed by atoms with Crippen molar-refractivity contribution in [2.45, 2.75) is 46.3 Å². The normalized spacial score (nSPS) is 15.3. The van der Waals surface area contributed by atoms with E-state index in [0.29, 0.717) is 6.54 Å². The number of aromatic nitrogens is 1. The molecule has 29 heavy (non-hydrogen) atoms. The summed E-state index contributed by atoms with van der Waals surface area (Å²) in [5, 5.41) is 3.42. The fourth-order valence-electron chi connectivity index (χ4n) is 3.68. The smallest absolute Gasteiger partial charge is 0.194 e. The van der Waals surface area contributed by atoms with Gasteiger partial charge in [-0.05, 0) is 32.9 Å². The average molecular weight is 397 g/mol. The van der Waals surface area contributed by atoms with Crippen molar-refractivity contribution >= 4 is 5.96 Å². The molecule has 0 unspecified atom stereocenters. The minimum absolute atomic E-state index is 0.252. The van der Waals surface area contributed by atoms with Crippen molar-refractivity contribution in [2.75, 3.05) is 26.7 Å².